The van der Waals surface area contributed by atoms with Gasteiger partial charge in [0.2, 0.25) is 0 Å². The second-order valence-corrected chi connectivity index (χ2v) is 5.56. The molecule has 3 rings (SSSR count). The van der Waals surface area contributed by atoms with E-state index < -0.39 is 0 Å². The van der Waals surface area contributed by atoms with Crippen LogP contribution >= 0.6 is 11.6 Å². The standard InChI is InChI=1S/C19H16ClNO2/c20-17-8-5-15(6-9-17)19(22)21-11-12-23-18-10-7-14-3-1-2-4-16(14)13-18/h1-10,13H,11-12H2,(H,21,22). The molecule has 0 heterocycles. The molecule has 23 heavy (non-hydrogen) atoms. The zero-order chi connectivity index (χ0) is 16.1. The van der Waals surface area contributed by atoms with Crippen molar-refractivity contribution in [1.29, 1.82) is 0 Å². The Balaban J connectivity index is 1.50. The summed E-state index contributed by atoms with van der Waals surface area (Å²) >= 11 is 5.80. The van der Waals surface area contributed by atoms with Gasteiger partial charge in [-0.3, -0.25) is 4.79 Å². The first kappa shape index (κ1) is 15.4. The number of ether oxygens (including phenoxy) is 1. The second kappa shape index (κ2) is 7.16. The Morgan fingerprint density at radius 3 is 2.48 bits per heavy atom. The maximum absolute atomic E-state index is 11.9. The first-order valence-corrected chi connectivity index (χ1v) is 7.75. The largest absolute Gasteiger partial charge is 0.492 e. The number of nitrogens with one attached hydrogen (secondary N) is 1. The van der Waals surface area contributed by atoms with Gasteiger partial charge < -0.3 is 10.1 Å². The highest BCUT2D eigenvalue weighted by molar-refractivity contribution is 6.30. The molecule has 116 valence electrons. The van der Waals surface area contributed by atoms with Crippen LogP contribution in [0.25, 0.3) is 10.8 Å². The first-order chi connectivity index (χ1) is 11.2. The summed E-state index contributed by atoms with van der Waals surface area (Å²) in [5, 5.41) is 5.74. The second-order valence-electron chi connectivity index (χ2n) is 5.12. The fourth-order valence-corrected chi connectivity index (χ4v) is 2.42. The maximum Gasteiger partial charge on any atom is 0.251 e. The van der Waals surface area contributed by atoms with E-state index in [0.29, 0.717) is 23.7 Å². The third kappa shape index (κ3) is 4.02. The van der Waals surface area contributed by atoms with Crippen LogP contribution in [-0.4, -0.2) is 19.1 Å². The van der Waals surface area contributed by atoms with Gasteiger partial charge >= 0.3 is 0 Å². The van der Waals surface area contributed by atoms with Crippen LogP contribution in [0.15, 0.2) is 66.7 Å². The summed E-state index contributed by atoms with van der Waals surface area (Å²) in [4.78, 5) is 11.9. The summed E-state index contributed by atoms with van der Waals surface area (Å²) in [6, 6.07) is 20.9. The number of carbonyl (C=O) groups is 1. The summed E-state index contributed by atoms with van der Waals surface area (Å²) in [5.74, 6) is 0.660. The molecule has 0 atom stereocenters. The quantitative estimate of drug-likeness (QED) is 0.710. The van der Waals surface area contributed by atoms with E-state index in [4.69, 9.17) is 16.3 Å². The predicted octanol–water partition coefficient (Wildman–Crippen LogP) is 4.30. The van der Waals surface area contributed by atoms with Gasteiger partial charge in [0.1, 0.15) is 12.4 Å². The van der Waals surface area contributed by atoms with Gasteiger partial charge in [0, 0.05) is 10.6 Å². The minimum atomic E-state index is -0.135. The van der Waals surface area contributed by atoms with Gasteiger partial charge in [0.15, 0.2) is 0 Å². The average molecular weight is 326 g/mol. The van der Waals surface area contributed by atoms with E-state index in [1.54, 1.807) is 24.3 Å². The van der Waals surface area contributed by atoms with Crippen molar-refractivity contribution in [1.82, 2.24) is 5.32 Å². The van der Waals surface area contributed by atoms with Gasteiger partial charge in [-0.1, -0.05) is 41.9 Å². The lowest BCUT2D eigenvalue weighted by atomic mass is 10.1. The molecule has 0 radical (unpaired) electrons. The van der Waals surface area contributed by atoms with Gasteiger partial charge in [-0.2, -0.15) is 0 Å². The summed E-state index contributed by atoms with van der Waals surface area (Å²) in [6.45, 7) is 0.853. The van der Waals surface area contributed by atoms with Crippen LogP contribution in [0.1, 0.15) is 10.4 Å². The fourth-order valence-electron chi connectivity index (χ4n) is 2.29. The van der Waals surface area contributed by atoms with Crippen LogP contribution in [0.4, 0.5) is 0 Å². The molecule has 3 nitrogen and oxygen atoms in total. The number of rotatable bonds is 5. The number of hydrogen-bond acceptors (Lipinski definition) is 2. The lowest BCUT2D eigenvalue weighted by molar-refractivity contribution is 0.0947. The number of halogens is 1. The van der Waals surface area contributed by atoms with E-state index in [9.17, 15) is 4.79 Å². The first-order valence-electron chi connectivity index (χ1n) is 7.38. The molecule has 0 aliphatic carbocycles. The molecule has 1 amide bonds. The molecule has 0 unspecified atom stereocenters. The van der Waals surface area contributed by atoms with Gasteiger partial charge in [0.25, 0.3) is 5.91 Å². The lowest BCUT2D eigenvalue weighted by Crippen LogP contribution is -2.28. The van der Waals surface area contributed by atoms with E-state index in [2.05, 4.69) is 11.4 Å². The highest BCUT2D eigenvalue weighted by Gasteiger charge is 2.04. The Kier molecular flexibility index (Phi) is 4.79. The van der Waals surface area contributed by atoms with Gasteiger partial charge in [-0.15, -0.1) is 0 Å². The third-order valence-electron chi connectivity index (χ3n) is 3.48. The van der Waals surface area contributed by atoms with Gasteiger partial charge in [-0.05, 0) is 47.2 Å². The van der Waals surface area contributed by atoms with Gasteiger partial charge in [-0.25, -0.2) is 0 Å². The number of hydrogen-bond donors (Lipinski definition) is 1. The van der Waals surface area contributed by atoms with Crippen molar-refractivity contribution in [2.24, 2.45) is 0 Å². The molecule has 0 fully saturated rings. The van der Waals surface area contributed by atoms with Crippen LogP contribution in [-0.2, 0) is 0 Å². The fraction of sp³-hybridized carbons (Fsp3) is 0.105. The van der Waals surface area contributed by atoms with Crippen LogP contribution in [0.5, 0.6) is 5.75 Å². The molecule has 0 aromatic heterocycles. The third-order valence-corrected chi connectivity index (χ3v) is 3.74. The Hall–Kier alpha value is -2.52. The average Bonchev–Trinajstić information content (AvgIpc) is 2.59. The maximum atomic E-state index is 11.9. The van der Waals surface area contributed by atoms with E-state index in [-0.39, 0.29) is 5.91 Å². The van der Waals surface area contributed by atoms with Crippen LogP contribution in [0.3, 0.4) is 0 Å². The van der Waals surface area contributed by atoms with Crippen molar-refractivity contribution in [3.05, 3.63) is 77.3 Å². The van der Waals surface area contributed by atoms with Crippen molar-refractivity contribution < 1.29 is 9.53 Å². The molecule has 0 aliphatic rings. The molecule has 0 spiro atoms. The monoisotopic (exact) mass is 325 g/mol. The number of amides is 1. The zero-order valence-corrected chi connectivity index (χ0v) is 13.2. The number of benzene rings is 3. The molecule has 0 saturated carbocycles. The van der Waals surface area contributed by atoms with E-state index in [1.807, 2.05) is 36.4 Å². The van der Waals surface area contributed by atoms with Crippen molar-refractivity contribution in [3.63, 3.8) is 0 Å². The van der Waals surface area contributed by atoms with E-state index in [1.165, 1.54) is 5.39 Å². The highest BCUT2D eigenvalue weighted by atomic mass is 35.5. The molecule has 1 N–H and O–H groups in total. The molecule has 4 heteroatoms. The van der Waals surface area contributed by atoms with Crippen LogP contribution < -0.4 is 10.1 Å². The summed E-state index contributed by atoms with van der Waals surface area (Å²) in [6.07, 6.45) is 0. The van der Waals surface area contributed by atoms with E-state index >= 15 is 0 Å². The predicted molar refractivity (Wildman–Crippen MR) is 93.2 cm³/mol. The SMILES string of the molecule is O=C(NCCOc1ccc2ccccc2c1)c1ccc(Cl)cc1. The molecular weight excluding hydrogens is 310 g/mol. The Morgan fingerprint density at radius 1 is 0.957 bits per heavy atom. The number of fused-ring (bicyclic) bond motifs is 1. The Labute approximate surface area is 139 Å². The van der Waals surface area contributed by atoms with Crippen molar-refractivity contribution in [2.75, 3.05) is 13.2 Å². The molecule has 0 aliphatic heterocycles. The molecule has 0 saturated heterocycles. The van der Waals surface area contributed by atoms with Crippen molar-refractivity contribution >= 4 is 28.3 Å². The Morgan fingerprint density at radius 2 is 1.70 bits per heavy atom. The molecule has 0 bridgehead atoms. The summed E-state index contributed by atoms with van der Waals surface area (Å²) in [5.41, 5.74) is 0.583. The van der Waals surface area contributed by atoms with Crippen molar-refractivity contribution in [2.45, 2.75) is 0 Å². The lowest BCUT2D eigenvalue weighted by Gasteiger charge is -2.09. The topological polar surface area (TPSA) is 38.3 Å². The van der Waals surface area contributed by atoms with E-state index in [0.717, 1.165) is 11.1 Å². The normalized spacial score (nSPS) is 10.5. The smallest absolute Gasteiger partial charge is 0.251 e. The van der Waals surface area contributed by atoms with Crippen molar-refractivity contribution in [3.8, 4) is 5.75 Å². The minimum Gasteiger partial charge on any atom is -0.492 e. The number of carbonyl (C=O) groups excluding carboxylic acids is 1. The molecular formula is C19H16ClNO2. The highest BCUT2D eigenvalue weighted by Crippen LogP contribution is 2.20. The summed E-state index contributed by atoms with van der Waals surface area (Å²) in [7, 11) is 0. The van der Waals surface area contributed by atoms with Crippen LogP contribution in [0, 0.1) is 0 Å². The van der Waals surface area contributed by atoms with Gasteiger partial charge in [0.05, 0.1) is 6.54 Å². The zero-order valence-electron chi connectivity index (χ0n) is 12.5. The Bertz CT molecular complexity index is 815. The minimum absolute atomic E-state index is 0.135. The van der Waals surface area contributed by atoms with Crippen LogP contribution in [0.2, 0.25) is 5.02 Å². The summed E-state index contributed by atoms with van der Waals surface area (Å²) < 4.78 is 5.68. The molecule has 3 aromatic rings. The molecule has 3 aromatic carbocycles.